The van der Waals surface area contributed by atoms with Crippen LogP contribution < -0.4 is 0 Å². The molecule has 0 bridgehead atoms. The van der Waals surface area contributed by atoms with Crippen LogP contribution in [0.1, 0.15) is 71.0 Å². The van der Waals surface area contributed by atoms with Gasteiger partial charge in [-0.25, -0.2) is 4.79 Å². The van der Waals surface area contributed by atoms with Crippen molar-refractivity contribution < 1.29 is 14.1 Å². The van der Waals surface area contributed by atoms with Crippen molar-refractivity contribution in [3.63, 3.8) is 0 Å². The Morgan fingerprint density at radius 2 is 2.14 bits per heavy atom. The van der Waals surface area contributed by atoms with Crippen LogP contribution >= 0.6 is 0 Å². The fourth-order valence-electron chi connectivity index (χ4n) is 2.32. The van der Waals surface area contributed by atoms with E-state index in [1.165, 1.54) is 0 Å². The first-order valence-corrected chi connectivity index (χ1v) is 7.57. The number of carbonyl (C=O) groups excluding carboxylic acids is 1. The summed E-state index contributed by atoms with van der Waals surface area (Å²) < 4.78 is 10.8. The molecule has 1 aromatic heterocycles. The maximum Gasteiger partial charge on any atom is 0.410 e. The third kappa shape index (κ3) is 4.19. The maximum absolute atomic E-state index is 12.1. The van der Waals surface area contributed by atoms with Gasteiger partial charge in [-0.15, -0.1) is 0 Å². The monoisotopic (exact) mass is 295 g/mol. The summed E-state index contributed by atoms with van der Waals surface area (Å²) in [5.74, 6) is 1.70. The van der Waals surface area contributed by atoms with Gasteiger partial charge in [0.15, 0.2) is 5.82 Å². The van der Waals surface area contributed by atoms with E-state index in [1.807, 2.05) is 34.6 Å². The van der Waals surface area contributed by atoms with Gasteiger partial charge < -0.3 is 14.2 Å². The molecule has 1 aliphatic rings. The van der Waals surface area contributed by atoms with E-state index in [0.717, 1.165) is 25.2 Å². The molecule has 2 rings (SSSR count). The minimum Gasteiger partial charge on any atom is -0.444 e. The third-order valence-corrected chi connectivity index (χ3v) is 3.40. The number of likely N-dealkylation sites (tertiary alicyclic amines) is 1. The fraction of sp³-hybridized carbons (Fsp3) is 0.800. The first kappa shape index (κ1) is 15.8. The Hall–Kier alpha value is -1.59. The predicted octanol–water partition coefficient (Wildman–Crippen LogP) is 3.31. The number of amides is 1. The number of hydrogen-bond donors (Lipinski definition) is 0. The Morgan fingerprint density at radius 1 is 1.43 bits per heavy atom. The van der Waals surface area contributed by atoms with Gasteiger partial charge in [-0.05, 0) is 33.6 Å². The Morgan fingerprint density at radius 3 is 2.71 bits per heavy atom. The molecule has 6 nitrogen and oxygen atoms in total. The molecule has 2 heterocycles. The van der Waals surface area contributed by atoms with Gasteiger partial charge in [0.1, 0.15) is 5.60 Å². The summed E-state index contributed by atoms with van der Waals surface area (Å²) in [6.07, 6.45) is 1.61. The van der Waals surface area contributed by atoms with Crippen LogP contribution in [-0.4, -0.2) is 39.8 Å². The second-order valence-corrected chi connectivity index (χ2v) is 6.91. The van der Waals surface area contributed by atoms with Gasteiger partial charge in [0, 0.05) is 19.0 Å². The minimum atomic E-state index is -0.473. The molecule has 1 aromatic rings. The van der Waals surface area contributed by atoms with Crippen LogP contribution in [-0.2, 0) is 4.74 Å². The quantitative estimate of drug-likeness (QED) is 0.837. The lowest BCUT2D eigenvalue weighted by Gasteiger charge is -2.32. The zero-order chi connectivity index (χ0) is 15.6. The first-order chi connectivity index (χ1) is 9.76. The van der Waals surface area contributed by atoms with Crippen molar-refractivity contribution in [3.05, 3.63) is 11.7 Å². The molecule has 1 aliphatic heterocycles. The van der Waals surface area contributed by atoms with E-state index in [2.05, 4.69) is 10.1 Å². The molecule has 21 heavy (non-hydrogen) atoms. The summed E-state index contributed by atoms with van der Waals surface area (Å²) in [6, 6.07) is 0. The smallest absolute Gasteiger partial charge is 0.410 e. The molecule has 0 unspecified atom stereocenters. The van der Waals surface area contributed by atoms with Crippen molar-refractivity contribution in [2.24, 2.45) is 0 Å². The van der Waals surface area contributed by atoms with E-state index in [9.17, 15) is 4.79 Å². The van der Waals surface area contributed by atoms with Crippen molar-refractivity contribution in [3.8, 4) is 0 Å². The molecule has 0 aliphatic carbocycles. The molecule has 0 spiro atoms. The van der Waals surface area contributed by atoms with Crippen LogP contribution in [0, 0.1) is 0 Å². The number of rotatable bonds is 2. The Balaban J connectivity index is 2.01. The van der Waals surface area contributed by atoms with Gasteiger partial charge in [-0.2, -0.15) is 4.98 Å². The molecule has 0 N–H and O–H groups in total. The maximum atomic E-state index is 12.1. The number of carbonyl (C=O) groups is 1. The predicted molar refractivity (Wildman–Crippen MR) is 78.2 cm³/mol. The van der Waals surface area contributed by atoms with Crippen molar-refractivity contribution >= 4 is 6.09 Å². The van der Waals surface area contributed by atoms with Gasteiger partial charge in [-0.3, -0.25) is 0 Å². The van der Waals surface area contributed by atoms with Gasteiger partial charge in [0.25, 0.3) is 0 Å². The van der Waals surface area contributed by atoms with Crippen LogP contribution in [0.4, 0.5) is 4.79 Å². The molecular formula is C15H25N3O3. The zero-order valence-corrected chi connectivity index (χ0v) is 13.5. The van der Waals surface area contributed by atoms with Gasteiger partial charge >= 0.3 is 6.09 Å². The van der Waals surface area contributed by atoms with Gasteiger partial charge in [0.2, 0.25) is 5.89 Å². The largest absolute Gasteiger partial charge is 0.444 e. The summed E-state index contributed by atoms with van der Waals surface area (Å²) in [7, 11) is 0. The molecular weight excluding hydrogens is 270 g/mol. The van der Waals surface area contributed by atoms with E-state index < -0.39 is 5.60 Å². The highest BCUT2D eigenvalue weighted by atomic mass is 16.6. The van der Waals surface area contributed by atoms with Crippen LogP contribution in [0.15, 0.2) is 4.52 Å². The molecule has 0 radical (unpaired) electrons. The highest BCUT2D eigenvalue weighted by Crippen LogP contribution is 2.27. The topological polar surface area (TPSA) is 68.5 Å². The molecule has 118 valence electrons. The summed E-state index contributed by atoms with van der Waals surface area (Å²) in [5.41, 5.74) is -0.473. The number of piperidine rings is 1. The van der Waals surface area contributed by atoms with E-state index in [0.29, 0.717) is 12.4 Å². The minimum absolute atomic E-state index is 0.103. The second kappa shape index (κ2) is 6.03. The van der Waals surface area contributed by atoms with Crippen LogP contribution in [0.2, 0.25) is 0 Å². The molecule has 1 amide bonds. The average molecular weight is 295 g/mol. The number of nitrogens with zero attached hydrogens (tertiary/aromatic N) is 3. The number of ether oxygens (including phenoxy) is 1. The zero-order valence-electron chi connectivity index (χ0n) is 13.5. The van der Waals surface area contributed by atoms with Crippen molar-refractivity contribution in [1.82, 2.24) is 15.0 Å². The van der Waals surface area contributed by atoms with Crippen molar-refractivity contribution in [2.75, 3.05) is 13.1 Å². The molecule has 6 heteroatoms. The lowest BCUT2D eigenvalue weighted by Crippen LogP contribution is -2.42. The molecule has 0 saturated carbocycles. The SMILES string of the molecule is CC(C)c1noc([C@H]2CCCN(C(=O)OC(C)(C)C)C2)n1. The van der Waals surface area contributed by atoms with Crippen LogP contribution in [0.5, 0.6) is 0 Å². The van der Waals surface area contributed by atoms with E-state index in [-0.39, 0.29) is 17.9 Å². The fourth-order valence-corrected chi connectivity index (χ4v) is 2.32. The van der Waals surface area contributed by atoms with Gasteiger partial charge in [-0.1, -0.05) is 19.0 Å². The standard InChI is InChI=1S/C15H25N3O3/c1-10(2)12-16-13(21-17-12)11-7-6-8-18(9-11)14(19)20-15(3,4)5/h10-11H,6-9H2,1-5H3/t11-/m0/s1. The summed E-state index contributed by atoms with van der Waals surface area (Å²) in [4.78, 5) is 18.3. The lowest BCUT2D eigenvalue weighted by molar-refractivity contribution is 0.0189. The first-order valence-electron chi connectivity index (χ1n) is 7.57. The summed E-state index contributed by atoms with van der Waals surface area (Å²) >= 11 is 0. The highest BCUT2D eigenvalue weighted by molar-refractivity contribution is 5.68. The third-order valence-electron chi connectivity index (χ3n) is 3.40. The lowest BCUT2D eigenvalue weighted by atomic mass is 9.98. The summed E-state index contributed by atoms with van der Waals surface area (Å²) in [6.45, 7) is 11.0. The highest BCUT2D eigenvalue weighted by Gasteiger charge is 2.31. The molecule has 1 atom stereocenters. The van der Waals surface area contributed by atoms with E-state index in [1.54, 1.807) is 4.90 Å². The van der Waals surface area contributed by atoms with Crippen LogP contribution in [0.25, 0.3) is 0 Å². The van der Waals surface area contributed by atoms with Crippen molar-refractivity contribution in [1.29, 1.82) is 0 Å². The molecule has 1 saturated heterocycles. The average Bonchev–Trinajstić information content (AvgIpc) is 2.86. The molecule has 1 fully saturated rings. The second-order valence-electron chi connectivity index (χ2n) is 6.91. The Labute approximate surface area is 125 Å². The number of aromatic nitrogens is 2. The van der Waals surface area contributed by atoms with Crippen LogP contribution in [0.3, 0.4) is 0 Å². The van der Waals surface area contributed by atoms with Crippen molar-refractivity contribution in [2.45, 2.75) is 64.9 Å². The van der Waals surface area contributed by atoms with E-state index >= 15 is 0 Å². The molecule has 0 aromatic carbocycles. The Kier molecular flexibility index (Phi) is 4.54. The number of hydrogen-bond acceptors (Lipinski definition) is 5. The normalized spacial score (nSPS) is 19.9. The Bertz CT molecular complexity index is 491. The van der Waals surface area contributed by atoms with Gasteiger partial charge in [0.05, 0.1) is 5.92 Å². The summed E-state index contributed by atoms with van der Waals surface area (Å²) in [5, 5.41) is 4.00. The van der Waals surface area contributed by atoms with E-state index in [4.69, 9.17) is 9.26 Å².